The number of allylic oxidation sites excluding steroid dienone is 4. The van der Waals surface area contributed by atoms with Crippen molar-refractivity contribution in [2.75, 3.05) is 0 Å². The van der Waals surface area contributed by atoms with Crippen LogP contribution in [0.25, 0.3) is 79.8 Å². The van der Waals surface area contributed by atoms with Gasteiger partial charge in [-0.3, -0.25) is 4.79 Å². The molecule has 5 nitrogen and oxygen atoms in total. The minimum absolute atomic E-state index is 0.0589. The molecular formula is C51H44N4OS. The zero-order valence-corrected chi connectivity index (χ0v) is 34.2. The molecule has 6 heteroatoms. The predicted octanol–water partition coefficient (Wildman–Crippen LogP) is 13.4. The van der Waals surface area contributed by atoms with E-state index in [0.29, 0.717) is 0 Å². The van der Waals surface area contributed by atoms with E-state index >= 15 is 0 Å². The number of aromatic amines is 2. The van der Waals surface area contributed by atoms with E-state index < -0.39 is 0 Å². The maximum atomic E-state index is 12.0. The number of rotatable bonds is 5. The molecule has 9 rings (SSSR count). The summed E-state index contributed by atoms with van der Waals surface area (Å²) in [6, 6.07) is 26.0. The first-order valence-electron chi connectivity index (χ1n) is 19.5. The number of fused-ring (bicyclic) bond motifs is 8. The van der Waals surface area contributed by atoms with Crippen LogP contribution in [-0.4, -0.2) is 25.1 Å². The Morgan fingerprint density at radius 2 is 0.947 bits per heavy atom. The monoisotopic (exact) mass is 760 g/mol. The summed E-state index contributed by atoms with van der Waals surface area (Å²) >= 11 is 1.24. The Bertz CT molecular complexity index is 2860. The van der Waals surface area contributed by atoms with E-state index in [-0.39, 0.29) is 11.0 Å². The average Bonchev–Trinajstić information content (AvgIpc) is 4.01. The number of carbonyl (C=O) groups excluding carboxylic acids is 1. The van der Waals surface area contributed by atoms with Crippen molar-refractivity contribution in [3.8, 4) is 33.4 Å². The molecular weight excluding hydrogens is 717 g/mol. The van der Waals surface area contributed by atoms with E-state index in [4.69, 9.17) is 9.97 Å². The number of carbonyl (C=O) groups is 1. The van der Waals surface area contributed by atoms with E-state index in [9.17, 15) is 4.79 Å². The number of nitrogens with one attached hydrogen (secondary N) is 2. The molecule has 0 spiro atoms. The molecule has 3 aromatic carbocycles. The van der Waals surface area contributed by atoms with Crippen molar-refractivity contribution in [3.05, 3.63) is 159 Å². The Balaban J connectivity index is 1.47. The summed E-state index contributed by atoms with van der Waals surface area (Å²) in [5, 5.41) is 0.0589. The summed E-state index contributed by atoms with van der Waals surface area (Å²) in [6.45, 7) is 14.7. The number of hydrogen-bond acceptors (Lipinski definition) is 4. The summed E-state index contributed by atoms with van der Waals surface area (Å²) in [7, 11) is 0. The Hall–Kier alpha value is -6.24. The van der Waals surface area contributed by atoms with Crippen molar-refractivity contribution in [3.63, 3.8) is 0 Å². The van der Waals surface area contributed by atoms with Crippen LogP contribution >= 0.6 is 11.8 Å². The third-order valence-corrected chi connectivity index (χ3v) is 11.9. The zero-order valence-electron chi connectivity index (χ0n) is 33.3. The van der Waals surface area contributed by atoms with Crippen molar-refractivity contribution >= 4 is 63.2 Å². The molecule has 0 saturated carbocycles. The SMILES string of the molecule is CC(=O)Sc1ccc(-c2c3nc(c(-c4c(C)cc(C)cc4C)c4ccc([nH]4)c(C4C=CC=C4)c4nc(c(-c5c(C)cc(C)cc5C)c5ccc2[nH]5)C=C4)C=C3)cc1. The number of H-pyrrole nitrogens is 2. The maximum absolute atomic E-state index is 12.0. The number of hydrogen-bond donors (Lipinski definition) is 2. The summed E-state index contributed by atoms with van der Waals surface area (Å²) in [6.07, 6.45) is 17.4. The van der Waals surface area contributed by atoms with Gasteiger partial charge in [-0.1, -0.05) is 83.6 Å². The molecule has 0 unspecified atom stereocenters. The summed E-state index contributed by atoms with van der Waals surface area (Å²) in [5.41, 5.74) is 22.4. The van der Waals surface area contributed by atoms with Crippen LogP contribution in [-0.2, 0) is 4.79 Å². The van der Waals surface area contributed by atoms with Gasteiger partial charge in [-0.05, 0) is 141 Å². The third-order valence-electron chi connectivity index (χ3n) is 11.1. The number of benzene rings is 3. The van der Waals surface area contributed by atoms with E-state index in [1.807, 2.05) is 12.1 Å². The number of aryl methyl sites for hydroxylation is 6. The molecule has 8 bridgehead atoms. The van der Waals surface area contributed by atoms with E-state index in [2.05, 4.69) is 161 Å². The van der Waals surface area contributed by atoms with Crippen LogP contribution in [0.15, 0.2) is 102 Å². The topological polar surface area (TPSA) is 74.4 Å². The lowest BCUT2D eigenvalue weighted by atomic mass is 9.92. The standard InChI is InChI=1S/C51H44N4OS/c1-28-24-30(3)46(31(4)25-28)50-42-20-16-38(52-42)48(35-10-8-9-11-35)39-17-21-43(53-39)51(47-32(5)26-29(2)27-33(47)6)45-23-19-41(55-45)49(40-18-22-44(50)54-40)36-12-14-37(15-13-36)57-34(7)56/h8-27,35,52,55H,1-7H3. The van der Waals surface area contributed by atoms with Gasteiger partial charge >= 0.3 is 0 Å². The van der Waals surface area contributed by atoms with Crippen LogP contribution in [0.5, 0.6) is 0 Å². The highest BCUT2D eigenvalue weighted by Crippen LogP contribution is 2.41. The van der Waals surface area contributed by atoms with Crippen LogP contribution < -0.4 is 0 Å². The van der Waals surface area contributed by atoms with Gasteiger partial charge < -0.3 is 9.97 Å². The van der Waals surface area contributed by atoms with E-state index in [0.717, 1.165) is 77.6 Å². The molecule has 57 heavy (non-hydrogen) atoms. The van der Waals surface area contributed by atoms with Gasteiger partial charge in [-0.15, -0.1) is 0 Å². The van der Waals surface area contributed by atoms with E-state index in [1.165, 1.54) is 56.3 Å². The molecule has 0 amide bonds. The molecule has 280 valence electrons. The number of thioether (sulfide) groups is 1. The Kier molecular flexibility index (Phi) is 9.17. The van der Waals surface area contributed by atoms with E-state index in [1.54, 1.807) is 6.92 Å². The second-order valence-corrected chi connectivity index (χ2v) is 16.8. The highest BCUT2D eigenvalue weighted by Gasteiger charge is 2.23. The van der Waals surface area contributed by atoms with Gasteiger partial charge in [0, 0.05) is 62.1 Å². The van der Waals surface area contributed by atoms with Crippen molar-refractivity contribution in [2.24, 2.45) is 0 Å². The smallest absolute Gasteiger partial charge is 0.190 e. The zero-order chi connectivity index (χ0) is 39.5. The van der Waals surface area contributed by atoms with Crippen LogP contribution in [0.4, 0.5) is 0 Å². The molecule has 2 aliphatic heterocycles. The first-order valence-corrected chi connectivity index (χ1v) is 20.3. The van der Waals surface area contributed by atoms with Crippen molar-refractivity contribution in [2.45, 2.75) is 59.3 Å². The van der Waals surface area contributed by atoms with Crippen LogP contribution in [0.2, 0.25) is 0 Å². The molecule has 2 N–H and O–H groups in total. The number of aromatic nitrogens is 4. The Morgan fingerprint density at radius 1 is 0.526 bits per heavy atom. The highest BCUT2D eigenvalue weighted by molar-refractivity contribution is 8.13. The fraction of sp³-hybridized carbons (Fsp3) is 0.157. The number of nitrogens with zero attached hydrogens (tertiary/aromatic N) is 2. The van der Waals surface area contributed by atoms with Crippen molar-refractivity contribution in [1.29, 1.82) is 0 Å². The lowest BCUT2D eigenvalue weighted by Gasteiger charge is -2.14. The van der Waals surface area contributed by atoms with Gasteiger partial charge in [0.1, 0.15) is 0 Å². The highest BCUT2D eigenvalue weighted by atomic mass is 32.2. The van der Waals surface area contributed by atoms with Gasteiger partial charge in [0.05, 0.1) is 22.8 Å². The van der Waals surface area contributed by atoms with Crippen LogP contribution in [0, 0.1) is 41.5 Å². The molecule has 0 saturated heterocycles. The normalized spacial score (nSPS) is 13.3. The van der Waals surface area contributed by atoms with Gasteiger partial charge in [0.2, 0.25) is 0 Å². The van der Waals surface area contributed by atoms with Crippen LogP contribution in [0.1, 0.15) is 74.6 Å². The Labute approximate surface area is 338 Å². The second kappa shape index (κ2) is 14.4. The molecule has 1 aliphatic carbocycles. The Morgan fingerprint density at radius 3 is 1.46 bits per heavy atom. The first-order chi connectivity index (χ1) is 27.5. The van der Waals surface area contributed by atoms with Crippen molar-refractivity contribution < 1.29 is 4.79 Å². The molecule has 0 atom stereocenters. The summed E-state index contributed by atoms with van der Waals surface area (Å²) in [4.78, 5) is 31.7. The molecule has 3 aromatic heterocycles. The quantitative estimate of drug-likeness (QED) is 0.171. The fourth-order valence-electron chi connectivity index (χ4n) is 9.04. The molecule has 0 radical (unpaired) electrons. The van der Waals surface area contributed by atoms with Gasteiger partial charge in [0.25, 0.3) is 0 Å². The minimum Gasteiger partial charge on any atom is -0.355 e. The van der Waals surface area contributed by atoms with Gasteiger partial charge in [-0.2, -0.15) is 0 Å². The van der Waals surface area contributed by atoms with Crippen molar-refractivity contribution in [1.82, 2.24) is 19.9 Å². The maximum Gasteiger partial charge on any atom is 0.190 e. The summed E-state index contributed by atoms with van der Waals surface area (Å²) in [5.74, 6) is 0.0638. The fourth-order valence-corrected chi connectivity index (χ4v) is 9.64. The predicted molar refractivity (Wildman–Crippen MR) is 241 cm³/mol. The van der Waals surface area contributed by atoms with Crippen LogP contribution in [0.3, 0.4) is 0 Å². The third kappa shape index (κ3) is 6.64. The molecule has 5 heterocycles. The lowest BCUT2D eigenvalue weighted by Crippen LogP contribution is -1.96. The molecule has 3 aliphatic rings. The summed E-state index contributed by atoms with van der Waals surface area (Å²) < 4.78 is 0. The lowest BCUT2D eigenvalue weighted by molar-refractivity contribution is -0.109. The van der Waals surface area contributed by atoms with Gasteiger partial charge in [0.15, 0.2) is 5.12 Å². The average molecular weight is 761 g/mol. The molecule has 0 fully saturated rings. The second-order valence-electron chi connectivity index (χ2n) is 15.5. The largest absolute Gasteiger partial charge is 0.355 e. The minimum atomic E-state index is 0.0589. The first kappa shape index (κ1) is 36.4. The van der Waals surface area contributed by atoms with Gasteiger partial charge in [-0.25, -0.2) is 9.97 Å². The molecule has 6 aromatic rings.